The van der Waals surface area contributed by atoms with Gasteiger partial charge in [0.15, 0.2) is 0 Å². The summed E-state index contributed by atoms with van der Waals surface area (Å²) in [7, 11) is 1.55. The zero-order valence-electron chi connectivity index (χ0n) is 22.7. The first kappa shape index (κ1) is 29.5. The molecule has 0 aliphatic rings. The van der Waals surface area contributed by atoms with Crippen molar-refractivity contribution in [2.24, 2.45) is 5.92 Å². The van der Waals surface area contributed by atoms with Crippen LogP contribution in [0.3, 0.4) is 0 Å². The number of benzene rings is 2. The fourth-order valence-corrected chi connectivity index (χ4v) is 3.82. The lowest BCUT2D eigenvalue weighted by Gasteiger charge is -2.35. The molecular weight excluding hydrogens is 474 g/mol. The van der Waals surface area contributed by atoms with E-state index in [1.54, 1.807) is 77.3 Å². The number of likely N-dealkylation sites (N-methyl/N-ethyl adjacent to an activating group) is 1. The van der Waals surface area contributed by atoms with Gasteiger partial charge in [0, 0.05) is 17.8 Å². The average Bonchev–Trinajstić information content (AvgIpc) is 2.85. The SMILES string of the molecule is CCC(C)C(NC(=O)OC(C)(C)C)C(=O)N(CC)C(C(=O)Nc1ccc(OC)cc1)c1ccccc1O. The predicted molar refractivity (Wildman–Crippen MR) is 142 cm³/mol. The van der Waals surface area contributed by atoms with Crippen molar-refractivity contribution in [3.63, 3.8) is 0 Å². The molecule has 9 heteroatoms. The van der Waals surface area contributed by atoms with Crippen LogP contribution in [0.4, 0.5) is 10.5 Å². The Hall–Kier alpha value is -3.75. The highest BCUT2D eigenvalue weighted by Crippen LogP contribution is 2.31. The number of para-hydroxylation sites is 1. The maximum atomic E-state index is 13.9. The summed E-state index contributed by atoms with van der Waals surface area (Å²) in [6.45, 7) is 10.9. The molecule has 0 bridgehead atoms. The second-order valence-electron chi connectivity index (χ2n) is 9.81. The molecule has 2 rings (SSSR count). The molecule has 3 amide bonds. The third kappa shape index (κ3) is 8.13. The number of hydrogen-bond donors (Lipinski definition) is 3. The lowest BCUT2D eigenvalue weighted by atomic mass is 9.95. The molecule has 0 saturated carbocycles. The Labute approximate surface area is 219 Å². The quantitative estimate of drug-likeness (QED) is 0.417. The number of phenolic OH excluding ortho intramolecular Hbond substituents is 1. The van der Waals surface area contributed by atoms with Gasteiger partial charge in [-0.15, -0.1) is 0 Å². The Morgan fingerprint density at radius 2 is 1.65 bits per heavy atom. The summed E-state index contributed by atoms with van der Waals surface area (Å²) in [6, 6.07) is 11.1. The van der Waals surface area contributed by atoms with Crippen LogP contribution in [0, 0.1) is 5.92 Å². The van der Waals surface area contributed by atoms with Crippen LogP contribution in [0.25, 0.3) is 0 Å². The molecule has 0 aliphatic carbocycles. The van der Waals surface area contributed by atoms with E-state index in [0.29, 0.717) is 17.9 Å². The normalized spacial score (nSPS) is 13.6. The van der Waals surface area contributed by atoms with E-state index >= 15 is 0 Å². The minimum Gasteiger partial charge on any atom is -0.508 e. The van der Waals surface area contributed by atoms with Crippen molar-refractivity contribution in [3.05, 3.63) is 54.1 Å². The molecule has 0 saturated heterocycles. The molecule has 0 aromatic heterocycles. The maximum absolute atomic E-state index is 13.9. The maximum Gasteiger partial charge on any atom is 0.408 e. The van der Waals surface area contributed by atoms with E-state index in [4.69, 9.17) is 9.47 Å². The zero-order chi connectivity index (χ0) is 27.8. The Morgan fingerprint density at radius 3 is 2.16 bits per heavy atom. The summed E-state index contributed by atoms with van der Waals surface area (Å²) < 4.78 is 10.6. The van der Waals surface area contributed by atoms with Crippen molar-refractivity contribution in [2.45, 2.75) is 65.6 Å². The molecule has 0 radical (unpaired) electrons. The third-order valence-electron chi connectivity index (χ3n) is 5.92. The van der Waals surface area contributed by atoms with E-state index in [0.717, 1.165) is 0 Å². The number of methoxy groups -OCH3 is 1. The Balaban J connectivity index is 2.46. The van der Waals surface area contributed by atoms with Gasteiger partial charge >= 0.3 is 6.09 Å². The van der Waals surface area contributed by atoms with Gasteiger partial charge in [0.1, 0.15) is 29.2 Å². The minimum atomic E-state index is -1.16. The van der Waals surface area contributed by atoms with Crippen LogP contribution < -0.4 is 15.4 Å². The van der Waals surface area contributed by atoms with Gasteiger partial charge in [0.25, 0.3) is 5.91 Å². The number of alkyl carbamates (subject to hydrolysis) is 1. The smallest absolute Gasteiger partial charge is 0.408 e. The van der Waals surface area contributed by atoms with E-state index in [-0.39, 0.29) is 23.8 Å². The molecule has 9 nitrogen and oxygen atoms in total. The molecule has 3 atom stereocenters. The van der Waals surface area contributed by atoms with Crippen LogP contribution in [0.1, 0.15) is 59.6 Å². The first-order chi connectivity index (χ1) is 17.4. The highest BCUT2D eigenvalue weighted by atomic mass is 16.6. The number of anilines is 1. The van der Waals surface area contributed by atoms with Crippen LogP contribution in [0.5, 0.6) is 11.5 Å². The number of aromatic hydroxyl groups is 1. The summed E-state index contributed by atoms with van der Waals surface area (Å²) >= 11 is 0. The second-order valence-corrected chi connectivity index (χ2v) is 9.81. The summed E-state index contributed by atoms with van der Waals surface area (Å²) in [4.78, 5) is 41.5. The molecule has 202 valence electrons. The molecule has 3 unspecified atom stereocenters. The van der Waals surface area contributed by atoms with E-state index < -0.39 is 35.6 Å². The van der Waals surface area contributed by atoms with Gasteiger partial charge in [-0.2, -0.15) is 0 Å². The van der Waals surface area contributed by atoms with Crippen LogP contribution in [-0.4, -0.2) is 53.2 Å². The fourth-order valence-electron chi connectivity index (χ4n) is 3.82. The molecule has 0 spiro atoms. The zero-order valence-corrected chi connectivity index (χ0v) is 22.7. The number of nitrogens with zero attached hydrogens (tertiary/aromatic N) is 1. The van der Waals surface area contributed by atoms with Crippen LogP contribution in [0.2, 0.25) is 0 Å². The summed E-state index contributed by atoms with van der Waals surface area (Å²) in [5.41, 5.74) is 0.0257. The number of hydrogen-bond acceptors (Lipinski definition) is 6. The van der Waals surface area contributed by atoms with Crippen molar-refractivity contribution < 1.29 is 29.0 Å². The molecule has 0 heterocycles. The Kier molecular flexibility index (Phi) is 10.3. The Bertz CT molecular complexity index is 1060. The van der Waals surface area contributed by atoms with Gasteiger partial charge in [0.05, 0.1) is 7.11 Å². The number of nitrogens with one attached hydrogen (secondary N) is 2. The van der Waals surface area contributed by atoms with E-state index in [1.807, 2.05) is 13.8 Å². The fraction of sp³-hybridized carbons (Fsp3) is 0.464. The molecule has 2 aromatic carbocycles. The van der Waals surface area contributed by atoms with Gasteiger partial charge in [-0.3, -0.25) is 9.59 Å². The van der Waals surface area contributed by atoms with Gasteiger partial charge < -0.3 is 30.1 Å². The van der Waals surface area contributed by atoms with Crippen molar-refractivity contribution in [2.75, 3.05) is 19.0 Å². The van der Waals surface area contributed by atoms with E-state index in [1.165, 1.54) is 11.0 Å². The largest absolute Gasteiger partial charge is 0.508 e. The van der Waals surface area contributed by atoms with Crippen molar-refractivity contribution in [1.29, 1.82) is 0 Å². The molecule has 37 heavy (non-hydrogen) atoms. The van der Waals surface area contributed by atoms with Crippen LogP contribution in [-0.2, 0) is 14.3 Å². The monoisotopic (exact) mass is 513 g/mol. The molecular formula is C28H39N3O6. The molecule has 0 fully saturated rings. The lowest BCUT2D eigenvalue weighted by Crippen LogP contribution is -2.54. The minimum absolute atomic E-state index is 0.121. The van der Waals surface area contributed by atoms with Gasteiger partial charge in [0.2, 0.25) is 5.91 Å². The number of rotatable bonds is 10. The van der Waals surface area contributed by atoms with Crippen molar-refractivity contribution >= 4 is 23.6 Å². The number of carbonyl (C=O) groups excluding carboxylic acids is 3. The second kappa shape index (κ2) is 13.0. The van der Waals surface area contributed by atoms with Gasteiger partial charge in [-0.1, -0.05) is 38.5 Å². The van der Waals surface area contributed by atoms with Gasteiger partial charge in [-0.25, -0.2) is 4.79 Å². The van der Waals surface area contributed by atoms with Crippen LogP contribution >= 0.6 is 0 Å². The number of carbonyl (C=O) groups is 3. The first-order valence-corrected chi connectivity index (χ1v) is 12.4. The molecule has 2 aromatic rings. The van der Waals surface area contributed by atoms with Crippen molar-refractivity contribution in [3.8, 4) is 11.5 Å². The van der Waals surface area contributed by atoms with Crippen molar-refractivity contribution in [1.82, 2.24) is 10.2 Å². The van der Waals surface area contributed by atoms with E-state index in [2.05, 4.69) is 10.6 Å². The third-order valence-corrected chi connectivity index (χ3v) is 5.92. The number of phenols is 1. The highest BCUT2D eigenvalue weighted by molar-refractivity contribution is 5.99. The predicted octanol–water partition coefficient (Wildman–Crippen LogP) is 4.87. The van der Waals surface area contributed by atoms with E-state index in [9.17, 15) is 19.5 Å². The topological polar surface area (TPSA) is 117 Å². The average molecular weight is 514 g/mol. The standard InChI is InChI=1S/C28H39N3O6/c1-8-18(3)23(30-27(35)37-28(4,5)6)26(34)31(9-2)24(21-12-10-11-13-22(21)32)25(33)29-19-14-16-20(36-7)17-15-19/h10-18,23-24,32H,8-9H2,1-7H3,(H,29,33)(H,30,35). The Morgan fingerprint density at radius 1 is 1.03 bits per heavy atom. The summed E-state index contributed by atoms with van der Waals surface area (Å²) in [6.07, 6.45) is -0.118. The number of ether oxygens (including phenoxy) is 2. The lowest BCUT2D eigenvalue weighted by molar-refractivity contribution is -0.141. The van der Waals surface area contributed by atoms with Crippen LogP contribution in [0.15, 0.2) is 48.5 Å². The molecule has 0 aliphatic heterocycles. The van der Waals surface area contributed by atoms with Gasteiger partial charge in [-0.05, 0) is 63.9 Å². The highest BCUT2D eigenvalue weighted by Gasteiger charge is 2.38. The summed E-state index contributed by atoms with van der Waals surface area (Å²) in [5.74, 6) is -0.708. The molecule has 3 N–H and O–H groups in total. The number of amides is 3. The first-order valence-electron chi connectivity index (χ1n) is 12.4. The summed E-state index contributed by atoms with van der Waals surface area (Å²) in [5, 5.41) is 16.2.